The Kier molecular flexibility index (Phi) is 5.34. The third-order valence-corrected chi connectivity index (χ3v) is 3.97. The summed E-state index contributed by atoms with van der Waals surface area (Å²) in [5.74, 6) is 0.625. The van der Waals surface area contributed by atoms with E-state index in [1.165, 1.54) is 12.5 Å². The topological polar surface area (TPSA) is 58.4 Å². The molecule has 5 nitrogen and oxygen atoms in total. The molecule has 0 spiro atoms. The van der Waals surface area contributed by atoms with Crippen LogP contribution >= 0.6 is 11.6 Å². The Bertz CT molecular complexity index is 479. The number of halogens is 1. The van der Waals surface area contributed by atoms with Crippen molar-refractivity contribution in [2.45, 2.75) is 19.4 Å². The van der Waals surface area contributed by atoms with Crippen LogP contribution in [0.5, 0.6) is 0 Å². The minimum absolute atomic E-state index is 0.119. The van der Waals surface area contributed by atoms with E-state index in [9.17, 15) is 10.1 Å². The second-order valence-corrected chi connectivity index (χ2v) is 5.77. The van der Waals surface area contributed by atoms with Gasteiger partial charge < -0.3 is 5.32 Å². The molecule has 1 atom stereocenters. The SMILES string of the molecule is CNCC1CCCN(Cc2ccc(Cl)cc2[N+](=O)[O-])C1. The van der Waals surface area contributed by atoms with Gasteiger partial charge in [0, 0.05) is 29.7 Å². The molecule has 1 saturated heterocycles. The van der Waals surface area contributed by atoms with E-state index in [2.05, 4.69) is 10.2 Å². The number of nitrogens with one attached hydrogen (secondary N) is 1. The molecule has 0 aliphatic carbocycles. The summed E-state index contributed by atoms with van der Waals surface area (Å²) >= 11 is 5.84. The van der Waals surface area contributed by atoms with Gasteiger partial charge in [-0.2, -0.15) is 0 Å². The van der Waals surface area contributed by atoms with Gasteiger partial charge in [0.2, 0.25) is 0 Å². The van der Waals surface area contributed by atoms with Gasteiger partial charge in [-0.1, -0.05) is 11.6 Å². The van der Waals surface area contributed by atoms with E-state index in [4.69, 9.17) is 11.6 Å². The molecule has 0 bridgehead atoms. The van der Waals surface area contributed by atoms with Gasteiger partial charge in [-0.05, 0) is 51.0 Å². The first kappa shape index (κ1) is 15.2. The summed E-state index contributed by atoms with van der Waals surface area (Å²) in [6.07, 6.45) is 2.37. The zero-order valence-corrected chi connectivity index (χ0v) is 12.4. The second-order valence-electron chi connectivity index (χ2n) is 5.33. The molecule has 6 heteroatoms. The highest BCUT2D eigenvalue weighted by Gasteiger charge is 2.22. The molecule has 1 aromatic rings. The van der Waals surface area contributed by atoms with Crippen LogP contribution in [-0.2, 0) is 6.54 Å². The molecule has 1 aliphatic rings. The molecule has 0 saturated carbocycles. The van der Waals surface area contributed by atoms with E-state index in [1.54, 1.807) is 12.1 Å². The van der Waals surface area contributed by atoms with Crippen LogP contribution in [0.15, 0.2) is 18.2 Å². The van der Waals surface area contributed by atoms with E-state index in [1.807, 2.05) is 7.05 Å². The van der Waals surface area contributed by atoms with Crippen molar-refractivity contribution < 1.29 is 4.92 Å². The second kappa shape index (κ2) is 7.02. The zero-order valence-electron chi connectivity index (χ0n) is 11.6. The summed E-state index contributed by atoms with van der Waals surface area (Å²) in [6, 6.07) is 4.92. The van der Waals surface area contributed by atoms with Gasteiger partial charge in [0.25, 0.3) is 5.69 Å². The number of piperidine rings is 1. The summed E-state index contributed by atoms with van der Waals surface area (Å²) in [5, 5.41) is 14.7. The van der Waals surface area contributed by atoms with Crippen molar-refractivity contribution >= 4 is 17.3 Å². The van der Waals surface area contributed by atoms with Crippen LogP contribution in [0.2, 0.25) is 5.02 Å². The molecule has 20 heavy (non-hydrogen) atoms. The minimum Gasteiger partial charge on any atom is -0.319 e. The van der Waals surface area contributed by atoms with Gasteiger partial charge in [-0.15, -0.1) is 0 Å². The van der Waals surface area contributed by atoms with E-state index >= 15 is 0 Å². The molecule has 1 unspecified atom stereocenters. The van der Waals surface area contributed by atoms with Crippen LogP contribution in [0.3, 0.4) is 0 Å². The maximum Gasteiger partial charge on any atom is 0.275 e. The van der Waals surface area contributed by atoms with Crippen molar-refractivity contribution in [1.82, 2.24) is 10.2 Å². The highest BCUT2D eigenvalue weighted by molar-refractivity contribution is 6.30. The van der Waals surface area contributed by atoms with Gasteiger partial charge in [0.15, 0.2) is 0 Å². The van der Waals surface area contributed by atoms with Gasteiger partial charge >= 0.3 is 0 Å². The summed E-state index contributed by atoms with van der Waals surface area (Å²) in [7, 11) is 1.96. The molecular formula is C14H20ClN3O2. The van der Waals surface area contributed by atoms with Crippen LogP contribution in [-0.4, -0.2) is 36.5 Å². The van der Waals surface area contributed by atoms with Gasteiger partial charge in [0.05, 0.1) is 4.92 Å². The molecule has 1 aromatic carbocycles. The number of benzene rings is 1. The van der Waals surface area contributed by atoms with E-state index in [0.717, 1.165) is 31.6 Å². The molecule has 0 radical (unpaired) electrons. The molecule has 1 aliphatic heterocycles. The molecule has 1 fully saturated rings. The van der Waals surface area contributed by atoms with E-state index < -0.39 is 0 Å². The highest BCUT2D eigenvalue weighted by atomic mass is 35.5. The monoisotopic (exact) mass is 297 g/mol. The average molecular weight is 298 g/mol. The smallest absolute Gasteiger partial charge is 0.275 e. The van der Waals surface area contributed by atoms with Crippen molar-refractivity contribution in [2.75, 3.05) is 26.7 Å². The molecule has 2 rings (SSSR count). The Morgan fingerprint density at radius 2 is 2.35 bits per heavy atom. The van der Waals surface area contributed by atoms with Gasteiger partial charge in [-0.25, -0.2) is 0 Å². The maximum atomic E-state index is 11.1. The summed E-state index contributed by atoms with van der Waals surface area (Å²) in [6.45, 7) is 3.60. The fraction of sp³-hybridized carbons (Fsp3) is 0.571. The maximum absolute atomic E-state index is 11.1. The lowest BCUT2D eigenvalue weighted by Crippen LogP contribution is -2.38. The number of nitro groups is 1. The quantitative estimate of drug-likeness (QED) is 0.670. The standard InChI is InChI=1S/C14H20ClN3O2/c1-16-8-11-3-2-6-17(9-11)10-12-4-5-13(15)7-14(12)18(19)20/h4-5,7,11,16H,2-3,6,8-10H2,1H3. The Morgan fingerprint density at radius 1 is 1.55 bits per heavy atom. The zero-order chi connectivity index (χ0) is 14.5. The predicted octanol–water partition coefficient (Wildman–Crippen LogP) is 2.68. The predicted molar refractivity (Wildman–Crippen MR) is 80.0 cm³/mol. The van der Waals surface area contributed by atoms with Crippen LogP contribution in [0.4, 0.5) is 5.69 Å². The lowest BCUT2D eigenvalue weighted by molar-refractivity contribution is -0.385. The van der Waals surface area contributed by atoms with Crippen molar-refractivity contribution in [3.05, 3.63) is 38.9 Å². The summed E-state index contributed by atoms with van der Waals surface area (Å²) in [5.41, 5.74) is 0.859. The Morgan fingerprint density at radius 3 is 3.05 bits per heavy atom. The largest absolute Gasteiger partial charge is 0.319 e. The van der Waals surface area contributed by atoms with E-state index in [-0.39, 0.29) is 10.6 Å². The molecule has 0 amide bonds. The Hall–Kier alpha value is -1.17. The van der Waals surface area contributed by atoms with E-state index in [0.29, 0.717) is 17.5 Å². The number of nitro benzene ring substituents is 1. The van der Waals surface area contributed by atoms with Crippen molar-refractivity contribution in [3.8, 4) is 0 Å². The van der Waals surface area contributed by atoms with Crippen LogP contribution < -0.4 is 5.32 Å². The first-order valence-corrected chi connectivity index (χ1v) is 7.27. The first-order chi connectivity index (χ1) is 9.60. The summed E-state index contributed by atoms with van der Waals surface area (Å²) in [4.78, 5) is 13.0. The third kappa shape index (κ3) is 3.91. The molecule has 0 aromatic heterocycles. The fourth-order valence-electron chi connectivity index (χ4n) is 2.83. The van der Waals surface area contributed by atoms with Crippen molar-refractivity contribution in [3.63, 3.8) is 0 Å². The molecule has 1 N–H and O–H groups in total. The number of nitrogens with zero attached hydrogens (tertiary/aromatic N) is 2. The minimum atomic E-state index is -0.351. The normalized spacial score (nSPS) is 20.0. The number of likely N-dealkylation sites (tertiary alicyclic amines) is 1. The Labute approximate surface area is 124 Å². The number of hydrogen-bond donors (Lipinski definition) is 1. The summed E-state index contributed by atoms with van der Waals surface area (Å²) < 4.78 is 0. The van der Waals surface area contributed by atoms with Crippen molar-refractivity contribution in [1.29, 1.82) is 0 Å². The van der Waals surface area contributed by atoms with Crippen LogP contribution in [0.25, 0.3) is 0 Å². The van der Waals surface area contributed by atoms with Gasteiger partial charge in [0.1, 0.15) is 0 Å². The number of hydrogen-bond acceptors (Lipinski definition) is 4. The fourth-order valence-corrected chi connectivity index (χ4v) is 3.00. The Balaban J connectivity index is 2.07. The van der Waals surface area contributed by atoms with Crippen LogP contribution in [0, 0.1) is 16.0 Å². The van der Waals surface area contributed by atoms with Crippen LogP contribution in [0.1, 0.15) is 18.4 Å². The molecule has 110 valence electrons. The van der Waals surface area contributed by atoms with Gasteiger partial charge in [-0.3, -0.25) is 15.0 Å². The number of rotatable bonds is 5. The lowest BCUT2D eigenvalue weighted by atomic mass is 9.97. The first-order valence-electron chi connectivity index (χ1n) is 6.90. The third-order valence-electron chi connectivity index (χ3n) is 3.73. The highest BCUT2D eigenvalue weighted by Crippen LogP contribution is 2.26. The lowest BCUT2D eigenvalue weighted by Gasteiger charge is -2.32. The van der Waals surface area contributed by atoms with Crippen molar-refractivity contribution in [2.24, 2.45) is 5.92 Å². The molecular weight excluding hydrogens is 278 g/mol. The molecule has 1 heterocycles. The average Bonchev–Trinajstić information content (AvgIpc) is 2.41.